The fourth-order valence-corrected chi connectivity index (χ4v) is 6.00. The molecule has 3 atom stereocenters. The Balaban J connectivity index is 1.14. The number of aliphatic carboxylic acids is 1. The number of hydrogen-bond donors (Lipinski definition) is 3. The second kappa shape index (κ2) is 8.70. The number of hydrogen-bond acceptors (Lipinski definition) is 4. The molecular formula is C28H32N2O5. The van der Waals surface area contributed by atoms with Gasteiger partial charge in [0.25, 0.3) is 0 Å². The van der Waals surface area contributed by atoms with Gasteiger partial charge in [0.05, 0.1) is 11.3 Å². The SMILES string of the molecule is CC(NC(=O)OCC1c2ccccc2-c2ccccc21)C(C)C(=O)NCC1(C(=O)O)CC12CCC2. The van der Waals surface area contributed by atoms with E-state index in [0.29, 0.717) is 6.42 Å². The first-order valence-corrected chi connectivity index (χ1v) is 12.4. The van der Waals surface area contributed by atoms with Crippen LogP contribution in [0.5, 0.6) is 0 Å². The Kier molecular flexibility index (Phi) is 5.82. The van der Waals surface area contributed by atoms with Gasteiger partial charge in [-0.1, -0.05) is 61.9 Å². The first-order chi connectivity index (χ1) is 16.8. The summed E-state index contributed by atoms with van der Waals surface area (Å²) in [5.41, 5.74) is 3.64. The molecular weight excluding hydrogens is 444 g/mol. The van der Waals surface area contributed by atoms with E-state index in [2.05, 4.69) is 34.9 Å². The van der Waals surface area contributed by atoms with Gasteiger partial charge in [0, 0.05) is 18.5 Å². The molecule has 2 saturated carbocycles. The van der Waals surface area contributed by atoms with E-state index in [1.807, 2.05) is 24.3 Å². The highest BCUT2D eigenvalue weighted by atomic mass is 16.5. The molecule has 1 spiro atoms. The maximum atomic E-state index is 12.7. The van der Waals surface area contributed by atoms with Crippen LogP contribution < -0.4 is 10.6 Å². The third-order valence-corrected chi connectivity index (χ3v) is 8.67. The van der Waals surface area contributed by atoms with Gasteiger partial charge in [-0.25, -0.2) is 4.79 Å². The Bertz CT molecular complexity index is 1130. The molecule has 3 aliphatic rings. The second-order valence-corrected chi connectivity index (χ2v) is 10.5. The van der Waals surface area contributed by atoms with Gasteiger partial charge < -0.3 is 20.5 Å². The summed E-state index contributed by atoms with van der Waals surface area (Å²) in [6, 6.07) is 15.8. The van der Waals surface area contributed by atoms with Crippen LogP contribution in [0.25, 0.3) is 11.1 Å². The molecule has 5 rings (SSSR count). The number of carbonyl (C=O) groups excluding carboxylic acids is 2. The van der Waals surface area contributed by atoms with Crippen molar-refractivity contribution in [3.8, 4) is 11.1 Å². The molecule has 7 nitrogen and oxygen atoms in total. The number of ether oxygens (including phenoxy) is 1. The minimum atomic E-state index is -0.829. The molecule has 2 amide bonds. The van der Waals surface area contributed by atoms with Crippen LogP contribution >= 0.6 is 0 Å². The van der Waals surface area contributed by atoms with E-state index >= 15 is 0 Å². The van der Waals surface area contributed by atoms with Crippen molar-refractivity contribution in [2.75, 3.05) is 13.2 Å². The van der Waals surface area contributed by atoms with E-state index in [4.69, 9.17) is 4.74 Å². The Morgan fingerprint density at radius 3 is 2.14 bits per heavy atom. The zero-order valence-corrected chi connectivity index (χ0v) is 20.2. The number of alkyl carbamates (subject to hydrolysis) is 1. The van der Waals surface area contributed by atoms with Crippen LogP contribution in [-0.4, -0.2) is 42.3 Å². The maximum Gasteiger partial charge on any atom is 0.407 e. The summed E-state index contributed by atoms with van der Waals surface area (Å²) in [5.74, 6) is -1.65. The molecule has 2 fully saturated rings. The van der Waals surface area contributed by atoms with Crippen molar-refractivity contribution in [1.82, 2.24) is 10.6 Å². The monoisotopic (exact) mass is 476 g/mol. The lowest BCUT2D eigenvalue weighted by molar-refractivity contribution is -0.146. The Hall–Kier alpha value is -3.35. The number of benzene rings is 2. The van der Waals surface area contributed by atoms with Gasteiger partial charge in [0.2, 0.25) is 5.91 Å². The predicted molar refractivity (Wildman–Crippen MR) is 131 cm³/mol. The first-order valence-electron chi connectivity index (χ1n) is 12.4. The molecule has 7 heteroatoms. The van der Waals surface area contributed by atoms with E-state index in [9.17, 15) is 19.5 Å². The van der Waals surface area contributed by atoms with Crippen LogP contribution in [0.3, 0.4) is 0 Å². The minimum Gasteiger partial charge on any atom is -0.481 e. The zero-order valence-electron chi connectivity index (χ0n) is 20.2. The van der Waals surface area contributed by atoms with Gasteiger partial charge in [-0.3, -0.25) is 9.59 Å². The highest BCUT2D eigenvalue weighted by Gasteiger charge is 2.73. The van der Waals surface area contributed by atoms with Crippen LogP contribution in [0.4, 0.5) is 4.79 Å². The average Bonchev–Trinajstić information content (AvgIpc) is 3.45. The molecule has 35 heavy (non-hydrogen) atoms. The largest absolute Gasteiger partial charge is 0.481 e. The fourth-order valence-electron chi connectivity index (χ4n) is 6.00. The summed E-state index contributed by atoms with van der Waals surface area (Å²) in [7, 11) is 0. The molecule has 2 aromatic rings. The number of rotatable bonds is 8. The Labute approximate surface area is 205 Å². The van der Waals surface area contributed by atoms with Crippen molar-refractivity contribution in [2.45, 2.75) is 51.5 Å². The van der Waals surface area contributed by atoms with Crippen molar-refractivity contribution in [2.24, 2.45) is 16.7 Å². The highest BCUT2D eigenvalue weighted by Crippen LogP contribution is 2.73. The van der Waals surface area contributed by atoms with Crippen LogP contribution in [0.15, 0.2) is 48.5 Å². The van der Waals surface area contributed by atoms with E-state index < -0.39 is 29.4 Å². The fraction of sp³-hybridized carbons (Fsp3) is 0.464. The lowest BCUT2D eigenvalue weighted by Gasteiger charge is -2.31. The lowest BCUT2D eigenvalue weighted by atomic mass is 9.75. The summed E-state index contributed by atoms with van der Waals surface area (Å²) in [6.45, 7) is 3.83. The maximum absolute atomic E-state index is 12.7. The van der Waals surface area contributed by atoms with Crippen molar-refractivity contribution in [1.29, 1.82) is 0 Å². The third kappa shape index (κ3) is 3.87. The predicted octanol–water partition coefficient (Wildman–Crippen LogP) is 4.31. The molecule has 0 bridgehead atoms. The van der Waals surface area contributed by atoms with E-state index in [1.165, 1.54) is 0 Å². The van der Waals surface area contributed by atoms with Gasteiger partial charge in [-0.2, -0.15) is 0 Å². The molecule has 0 radical (unpaired) electrons. The van der Waals surface area contributed by atoms with E-state index in [0.717, 1.165) is 41.5 Å². The quantitative estimate of drug-likeness (QED) is 0.527. The van der Waals surface area contributed by atoms with Crippen LogP contribution in [0, 0.1) is 16.7 Å². The number of amides is 2. The highest BCUT2D eigenvalue weighted by molar-refractivity contribution is 5.84. The topological polar surface area (TPSA) is 105 Å². The van der Waals surface area contributed by atoms with Crippen LogP contribution in [0.2, 0.25) is 0 Å². The molecule has 3 unspecified atom stereocenters. The summed E-state index contributed by atoms with van der Waals surface area (Å²) in [4.78, 5) is 37.2. The van der Waals surface area contributed by atoms with E-state index in [1.54, 1.807) is 13.8 Å². The Morgan fingerprint density at radius 2 is 1.63 bits per heavy atom. The number of fused-ring (bicyclic) bond motifs is 3. The smallest absolute Gasteiger partial charge is 0.407 e. The minimum absolute atomic E-state index is 0.0336. The molecule has 3 N–H and O–H groups in total. The first kappa shape index (κ1) is 23.4. The average molecular weight is 477 g/mol. The van der Waals surface area contributed by atoms with Crippen molar-refractivity contribution >= 4 is 18.0 Å². The van der Waals surface area contributed by atoms with Gasteiger partial charge in [-0.15, -0.1) is 0 Å². The number of carboxylic acid groups (broad SMARTS) is 1. The van der Waals surface area contributed by atoms with Crippen molar-refractivity contribution < 1.29 is 24.2 Å². The molecule has 3 aliphatic carbocycles. The third-order valence-electron chi connectivity index (χ3n) is 8.67. The van der Waals surface area contributed by atoms with E-state index in [-0.39, 0.29) is 30.4 Å². The summed E-state index contributed by atoms with van der Waals surface area (Å²) < 4.78 is 5.59. The summed E-state index contributed by atoms with van der Waals surface area (Å²) in [5, 5.41) is 15.3. The van der Waals surface area contributed by atoms with Gasteiger partial charge in [-0.05, 0) is 53.9 Å². The van der Waals surface area contributed by atoms with Gasteiger partial charge >= 0.3 is 12.1 Å². The lowest BCUT2D eigenvalue weighted by Crippen LogP contribution is -2.47. The molecule has 0 aliphatic heterocycles. The molecule has 0 aromatic heterocycles. The number of carboxylic acids is 1. The summed E-state index contributed by atoms with van der Waals surface area (Å²) >= 11 is 0. The summed E-state index contributed by atoms with van der Waals surface area (Å²) in [6.07, 6.45) is 2.96. The molecule has 0 heterocycles. The number of nitrogens with one attached hydrogen (secondary N) is 2. The van der Waals surface area contributed by atoms with Gasteiger partial charge in [0.15, 0.2) is 0 Å². The van der Waals surface area contributed by atoms with Crippen LogP contribution in [-0.2, 0) is 14.3 Å². The normalized spacial score (nSPS) is 22.8. The molecule has 2 aromatic carbocycles. The molecule has 184 valence electrons. The second-order valence-electron chi connectivity index (χ2n) is 10.5. The van der Waals surface area contributed by atoms with Gasteiger partial charge in [0.1, 0.15) is 6.61 Å². The number of carbonyl (C=O) groups is 3. The molecule has 0 saturated heterocycles. The van der Waals surface area contributed by atoms with Crippen LogP contribution in [0.1, 0.15) is 56.6 Å². The Morgan fingerprint density at radius 1 is 1.03 bits per heavy atom. The van der Waals surface area contributed by atoms with Crippen molar-refractivity contribution in [3.63, 3.8) is 0 Å². The zero-order chi connectivity index (χ0) is 24.8. The standard InChI is InChI=1S/C28H32N2O5/c1-17(24(31)29-16-28(25(32)33)15-27(28)12-7-13-27)18(2)30-26(34)35-14-23-21-10-5-3-8-19(21)20-9-4-6-11-22(20)23/h3-6,8-11,17-18,23H,7,12-16H2,1-2H3,(H,29,31)(H,30,34)(H,32,33). The van der Waals surface area contributed by atoms with Crippen molar-refractivity contribution in [3.05, 3.63) is 59.7 Å².